The summed E-state index contributed by atoms with van der Waals surface area (Å²) in [5.74, 6) is 2.43. The first-order chi connectivity index (χ1) is 7.81. The molecular formula is C14H26N2. The molecule has 1 aliphatic heterocycles. The minimum atomic E-state index is 0.592. The number of hydrogen-bond donors (Lipinski definition) is 1. The summed E-state index contributed by atoms with van der Waals surface area (Å²) in [6.07, 6.45) is 10.6. The van der Waals surface area contributed by atoms with Crippen molar-refractivity contribution >= 4 is 5.84 Å². The van der Waals surface area contributed by atoms with Crippen molar-refractivity contribution in [3.8, 4) is 0 Å². The van der Waals surface area contributed by atoms with Crippen molar-refractivity contribution in [3.05, 3.63) is 0 Å². The van der Waals surface area contributed by atoms with Gasteiger partial charge in [0.2, 0.25) is 0 Å². The van der Waals surface area contributed by atoms with Crippen molar-refractivity contribution in [1.82, 2.24) is 4.90 Å². The fraction of sp³-hybridized carbons (Fsp3) is 0.929. The van der Waals surface area contributed by atoms with Crippen molar-refractivity contribution in [3.63, 3.8) is 0 Å². The van der Waals surface area contributed by atoms with E-state index in [-0.39, 0.29) is 0 Å². The van der Waals surface area contributed by atoms with Gasteiger partial charge in [0, 0.05) is 19.0 Å². The summed E-state index contributed by atoms with van der Waals surface area (Å²) in [4.78, 5) is 2.37. The quantitative estimate of drug-likeness (QED) is 0.572. The molecule has 0 spiro atoms. The molecule has 1 saturated heterocycles. The molecule has 0 aromatic rings. The SMILES string of the molecule is CCCC1CCN(C(=N)C2CCCCC2)C1. The average molecular weight is 222 g/mol. The first-order valence-electron chi connectivity index (χ1n) is 7.14. The van der Waals surface area contributed by atoms with Gasteiger partial charge in [-0.25, -0.2) is 0 Å². The summed E-state index contributed by atoms with van der Waals surface area (Å²) in [7, 11) is 0. The van der Waals surface area contributed by atoms with E-state index in [4.69, 9.17) is 5.41 Å². The van der Waals surface area contributed by atoms with Crippen LogP contribution in [0, 0.1) is 17.2 Å². The highest BCUT2D eigenvalue weighted by Gasteiger charge is 2.28. The first-order valence-corrected chi connectivity index (χ1v) is 7.14. The predicted octanol–water partition coefficient (Wildman–Crippen LogP) is 3.67. The van der Waals surface area contributed by atoms with Gasteiger partial charge in [0.25, 0.3) is 0 Å². The maximum Gasteiger partial charge on any atom is 0.0989 e. The third kappa shape index (κ3) is 2.78. The Labute approximate surface area is 99.9 Å². The van der Waals surface area contributed by atoms with Crippen LogP contribution in [0.5, 0.6) is 0 Å². The lowest BCUT2D eigenvalue weighted by Crippen LogP contribution is -2.34. The Kier molecular flexibility index (Phi) is 4.25. The number of hydrogen-bond acceptors (Lipinski definition) is 1. The van der Waals surface area contributed by atoms with E-state index in [1.54, 1.807) is 0 Å². The van der Waals surface area contributed by atoms with Crippen LogP contribution in [0.4, 0.5) is 0 Å². The number of nitrogens with one attached hydrogen (secondary N) is 1. The standard InChI is InChI=1S/C14H26N2/c1-2-6-12-9-10-16(11-12)14(15)13-7-4-3-5-8-13/h12-13,15H,2-11H2,1H3. The average Bonchev–Trinajstić information content (AvgIpc) is 2.78. The molecule has 2 rings (SSSR count). The van der Waals surface area contributed by atoms with Gasteiger partial charge in [-0.2, -0.15) is 0 Å². The summed E-state index contributed by atoms with van der Waals surface area (Å²) in [5.41, 5.74) is 0. The Morgan fingerprint density at radius 1 is 1.19 bits per heavy atom. The van der Waals surface area contributed by atoms with Crippen molar-refractivity contribution in [2.45, 2.75) is 58.3 Å². The molecule has 92 valence electrons. The van der Waals surface area contributed by atoms with Crippen LogP contribution in [0.15, 0.2) is 0 Å². The molecule has 1 saturated carbocycles. The van der Waals surface area contributed by atoms with Gasteiger partial charge < -0.3 is 4.90 Å². The minimum Gasteiger partial charge on any atom is -0.360 e. The molecular weight excluding hydrogens is 196 g/mol. The lowest BCUT2D eigenvalue weighted by atomic mass is 9.88. The minimum absolute atomic E-state index is 0.592. The third-order valence-electron chi connectivity index (χ3n) is 4.32. The van der Waals surface area contributed by atoms with Crippen LogP contribution in [-0.2, 0) is 0 Å². The van der Waals surface area contributed by atoms with Crippen molar-refractivity contribution < 1.29 is 0 Å². The zero-order valence-corrected chi connectivity index (χ0v) is 10.7. The lowest BCUT2D eigenvalue weighted by molar-refractivity contribution is 0.377. The van der Waals surface area contributed by atoms with Gasteiger partial charge in [-0.15, -0.1) is 0 Å². The second kappa shape index (κ2) is 5.70. The molecule has 1 aliphatic carbocycles. The van der Waals surface area contributed by atoms with E-state index in [1.165, 1.54) is 57.9 Å². The van der Waals surface area contributed by atoms with Crippen LogP contribution in [0.3, 0.4) is 0 Å². The normalized spacial score (nSPS) is 27.3. The molecule has 1 atom stereocenters. The first kappa shape index (κ1) is 11.9. The zero-order valence-electron chi connectivity index (χ0n) is 10.7. The number of amidine groups is 1. The van der Waals surface area contributed by atoms with Crippen molar-refractivity contribution in [2.24, 2.45) is 11.8 Å². The highest BCUT2D eigenvalue weighted by molar-refractivity contribution is 5.82. The molecule has 1 heterocycles. The van der Waals surface area contributed by atoms with Gasteiger partial charge in [-0.1, -0.05) is 32.6 Å². The third-order valence-corrected chi connectivity index (χ3v) is 4.32. The van der Waals surface area contributed by atoms with E-state index in [2.05, 4.69) is 11.8 Å². The van der Waals surface area contributed by atoms with Gasteiger partial charge in [-0.05, 0) is 31.6 Å². The summed E-state index contributed by atoms with van der Waals surface area (Å²) in [6.45, 7) is 4.60. The Morgan fingerprint density at radius 3 is 2.62 bits per heavy atom. The van der Waals surface area contributed by atoms with Crippen LogP contribution >= 0.6 is 0 Å². The largest absolute Gasteiger partial charge is 0.360 e. The highest BCUT2D eigenvalue weighted by Crippen LogP contribution is 2.29. The molecule has 16 heavy (non-hydrogen) atoms. The van der Waals surface area contributed by atoms with Gasteiger partial charge in [0.1, 0.15) is 0 Å². The van der Waals surface area contributed by atoms with Crippen LogP contribution < -0.4 is 0 Å². The van der Waals surface area contributed by atoms with Crippen LogP contribution in [0.1, 0.15) is 58.3 Å². The summed E-state index contributed by atoms with van der Waals surface area (Å²) < 4.78 is 0. The van der Waals surface area contributed by atoms with Gasteiger partial charge >= 0.3 is 0 Å². The molecule has 2 nitrogen and oxygen atoms in total. The molecule has 0 amide bonds. The monoisotopic (exact) mass is 222 g/mol. The predicted molar refractivity (Wildman–Crippen MR) is 68.9 cm³/mol. The van der Waals surface area contributed by atoms with Crippen LogP contribution in [0.25, 0.3) is 0 Å². The molecule has 0 aromatic heterocycles. The van der Waals surface area contributed by atoms with E-state index in [1.807, 2.05) is 0 Å². The Morgan fingerprint density at radius 2 is 1.94 bits per heavy atom. The highest BCUT2D eigenvalue weighted by atomic mass is 15.2. The van der Waals surface area contributed by atoms with Gasteiger partial charge in [-0.3, -0.25) is 5.41 Å². The topological polar surface area (TPSA) is 27.1 Å². The summed E-state index contributed by atoms with van der Waals surface area (Å²) in [6, 6.07) is 0. The number of likely N-dealkylation sites (tertiary alicyclic amines) is 1. The van der Waals surface area contributed by atoms with Crippen LogP contribution in [-0.4, -0.2) is 23.8 Å². The van der Waals surface area contributed by atoms with Crippen molar-refractivity contribution in [2.75, 3.05) is 13.1 Å². The van der Waals surface area contributed by atoms with Gasteiger partial charge in [0.05, 0.1) is 5.84 Å². The number of nitrogens with zero attached hydrogens (tertiary/aromatic N) is 1. The smallest absolute Gasteiger partial charge is 0.0989 e. The molecule has 2 aliphatic rings. The molecule has 0 aromatic carbocycles. The molecule has 2 fully saturated rings. The fourth-order valence-corrected chi connectivity index (χ4v) is 3.33. The van der Waals surface area contributed by atoms with Gasteiger partial charge in [0.15, 0.2) is 0 Å². The molecule has 1 N–H and O–H groups in total. The second-order valence-corrected chi connectivity index (χ2v) is 5.61. The zero-order chi connectivity index (χ0) is 11.4. The van der Waals surface area contributed by atoms with E-state index in [9.17, 15) is 0 Å². The number of rotatable bonds is 3. The van der Waals surface area contributed by atoms with Crippen LogP contribution in [0.2, 0.25) is 0 Å². The maximum absolute atomic E-state index is 8.33. The maximum atomic E-state index is 8.33. The Bertz CT molecular complexity index is 231. The van der Waals surface area contributed by atoms with E-state index >= 15 is 0 Å². The molecule has 0 bridgehead atoms. The van der Waals surface area contributed by atoms with E-state index in [0.717, 1.165) is 18.3 Å². The van der Waals surface area contributed by atoms with Crippen molar-refractivity contribution in [1.29, 1.82) is 5.41 Å². The lowest BCUT2D eigenvalue weighted by Gasteiger charge is -2.29. The summed E-state index contributed by atoms with van der Waals surface area (Å²) >= 11 is 0. The molecule has 2 heteroatoms. The van der Waals surface area contributed by atoms with E-state index < -0.39 is 0 Å². The summed E-state index contributed by atoms with van der Waals surface area (Å²) in [5, 5.41) is 8.33. The molecule has 1 unspecified atom stereocenters. The second-order valence-electron chi connectivity index (χ2n) is 5.61. The fourth-order valence-electron chi connectivity index (χ4n) is 3.33. The molecule has 0 radical (unpaired) electrons. The Hall–Kier alpha value is -0.530. The Balaban J connectivity index is 1.81. The van der Waals surface area contributed by atoms with E-state index in [0.29, 0.717) is 5.92 Å².